The lowest BCUT2D eigenvalue weighted by atomic mass is 10.3. The van der Waals surface area contributed by atoms with Crippen LogP contribution < -0.4 is 11.1 Å². The molecule has 1 aliphatic carbocycles. The Kier molecular flexibility index (Phi) is 2.81. The first kappa shape index (κ1) is 10.3. The predicted octanol–water partition coefficient (Wildman–Crippen LogP) is 1.18. The van der Waals surface area contributed by atoms with Gasteiger partial charge in [-0.15, -0.1) is 0 Å². The maximum atomic E-state index is 5.42. The minimum absolute atomic E-state index is 0.282. The number of nitrogens with one attached hydrogen (secondary N) is 1. The van der Waals surface area contributed by atoms with Crippen LogP contribution in [-0.4, -0.2) is 21.5 Å². The lowest BCUT2D eigenvalue weighted by molar-refractivity contribution is 0.784. The van der Waals surface area contributed by atoms with Crippen LogP contribution in [0.15, 0.2) is 12.4 Å². The van der Waals surface area contributed by atoms with Crippen LogP contribution in [0.4, 0.5) is 5.82 Å². The van der Waals surface area contributed by atoms with Crippen molar-refractivity contribution in [1.29, 1.82) is 0 Å². The molecule has 5 heteroatoms. The first-order valence-corrected chi connectivity index (χ1v) is 5.43. The summed E-state index contributed by atoms with van der Waals surface area (Å²) in [5, 5.41) is 3.25. The van der Waals surface area contributed by atoms with Gasteiger partial charge in [0.05, 0.1) is 12.4 Å². The Morgan fingerprint density at radius 2 is 2.33 bits per heavy atom. The van der Waals surface area contributed by atoms with Crippen LogP contribution >= 0.6 is 12.2 Å². The molecule has 3 N–H and O–H groups in total. The average Bonchev–Trinajstić information content (AvgIpc) is 2.92. The Balaban J connectivity index is 1.89. The van der Waals surface area contributed by atoms with Gasteiger partial charge in [0.1, 0.15) is 16.5 Å². The average molecular weight is 222 g/mol. The molecule has 4 nitrogen and oxygen atoms in total. The van der Waals surface area contributed by atoms with Gasteiger partial charge in [-0.1, -0.05) is 19.1 Å². The van der Waals surface area contributed by atoms with E-state index in [0.717, 1.165) is 24.2 Å². The molecule has 2 unspecified atom stereocenters. The van der Waals surface area contributed by atoms with E-state index in [1.807, 2.05) is 0 Å². The third-order valence-electron chi connectivity index (χ3n) is 2.73. The molecular weight excluding hydrogens is 208 g/mol. The molecule has 15 heavy (non-hydrogen) atoms. The fraction of sp³-hybridized carbons (Fsp3) is 0.500. The Morgan fingerprint density at radius 1 is 1.60 bits per heavy atom. The zero-order chi connectivity index (χ0) is 10.8. The van der Waals surface area contributed by atoms with Crippen molar-refractivity contribution in [2.24, 2.45) is 17.6 Å². The van der Waals surface area contributed by atoms with E-state index < -0.39 is 0 Å². The summed E-state index contributed by atoms with van der Waals surface area (Å²) >= 11 is 4.79. The molecule has 0 saturated heterocycles. The van der Waals surface area contributed by atoms with Gasteiger partial charge >= 0.3 is 0 Å². The smallest absolute Gasteiger partial charge is 0.144 e. The summed E-state index contributed by atoms with van der Waals surface area (Å²) in [5.41, 5.74) is 5.99. The van der Waals surface area contributed by atoms with Crippen molar-refractivity contribution in [3.05, 3.63) is 18.1 Å². The Labute approximate surface area is 94.3 Å². The Hall–Kier alpha value is -1.23. The molecule has 2 rings (SSSR count). The minimum atomic E-state index is 0.282. The standard InChI is InChI=1S/C10H14N4S/c1-6-2-7(6)3-13-9-5-12-8(4-14-9)10(11)15/h4-7H,2-3H2,1H3,(H2,11,15)(H,13,14). The third-order valence-corrected chi connectivity index (χ3v) is 2.93. The second-order valence-corrected chi connectivity index (χ2v) is 4.44. The number of rotatable bonds is 4. The third kappa shape index (κ3) is 2.62. The van der Waals surface area contributed by atoms with Crippen molar-refractivity contribution in [3.63, 3.8) is 0 Å². The lowest BCUT2D eigenvalue weighted by Gasteiger charge is -2.04. The number of hydrogen-bond donors (Lipinski definition) is 2. The van der Waals surface area contributed by atoms with Crippen molar-refractivity contribution in [2.45, 2.75) is 13.3 Å². The second kappa shape index (κ2) is 4.10. The highest BCUT2D eigenvalue weighted by Crippen LogP contribution is 2.37. The number of anilines is 1. The fourth-order valence-electron chi connectivity index (χ4n) is 1.47. The van der Waals surface area contributed by atoms with Gasteiger partial charge in [0, 0.05) is 6.54 Å². The Morgan fingerprint density at radius 3 is 2.80 bits per heavy atom. The van der Waals surface area contributed by atoms with Gasteiger partial charge in [-0.2, -0.15) is 0 Å². The molecular formula is C10H14N4S. The fourth-order valence-corrected chi connectivity index (χ4v) is 1.57. The maximum Gasteiger partial charge on any atom is 0.144 e. The molecule has 0 amide bonds. The number of hydrogen-bond acceptors (Lipinski definition) is 4. The van der Waals surface area contributed by atoms with E-state index in [4.69, 9.17) is 18.0 Å². The van der Waals surface area contributed by atoms with Gasteiger partial charge in [-0.25, -0.2) is 9.97 Å². The second-order valence-electron chi connectivity index (χ2n) is 4.01. The predicted molar refractivity (Wildman–Crippen MR) is 63.7 cm³/mol. The van der Waals surface area contributed by atoms with Crippen molar-refractivity contribution >= 4 is 23.0 Å². The molecule has 0 radical (unpaired) electrons. The van der Waals surface area contributed by atoms with E-state index in [9.17, 15) is 0 Å². The molecule has 1 aromatic heterocycles. The van der Waals surface area contributed by atoms with Crippen molar-refractivity contribution in [1.82, 2.24) is 9.97 Å². The highest BCUT2D eigenvalue weighted by Gasteiger charge is 2.31. The summed E-state index contributed by atoms with van der Waals surface area (Å²) in [6.07, 6.45) is 4.58. The molecule has 1 saturated carbocycles. The number of thiocarbonyl (C=S) groups is 1. The van der Waals surface area contributed by atoms with E-state index in [2.05, 4.69) is 22.2 Å². The highest BCUT2D eigenvalue weighted by molar-refractivity contribution is 7.80. The number of nitrogens with two attached hydrogens (primary N) is 1. The molecule has 0 bridgehead atoms. The van der Waals surface area contributed by atoms with Gasteiger partial charge in [0.25, 0.3) is 0 Å². The van der Waals surface area contributed by atoms with Crippen molar-refractivity contribution in [3.8, 4) is 0 Å². The van der Waals surface area contributed by atoms with Gasteiger partial charge in [-0.3, -0.25) is 0 Å². The molecule has 80 valence electrons. The summed E-state index contributed by atoms with van der Waals surface area (Å²) in [6.45, 7) is 3.23. The molecule has 1 heterocycles. The molecule has 0 aliphatic heterocycles. The first-order chi connectivity index (χ1) is 7.16. The van der Waals surface area contributed by atoms with Crippen LogP contribution in [0, 0.1) is 11.8 Å². The van der Waals surface area contributed by atoms with E-state index in [-0.39, 0.29) is 4.99 Å². The highest BCUT2D eigenvalue weighted by atomic mass is 32.1. The summed E-state index contributed by atoms with van der Waals surface area (Å²) in [5.74, 6) is 2.43. The Bertz CT molecular complexity index is 362. The van der Waals surface area contributed by atoms with Gasteiger partial charge in [0.15, 0.2) is 0 Å². The van der Waals surface area contributed by atoms with Crippen LogP contribution in [0.5, 0.6) is 0 Å². The monoisotopic (exact) mass is 222 g/mol. The van der Waals surface area contributed by atoms with Gasteiger partial charge < -0.3 is 11.1 Å². The summed E-state index contributed by atoms with van der Waals surface area (Å²) in [7, 11) is 0. The van der Waals surface area contributed by atoms with E-state index in [0.29, 0.717) is 5.69 Å². The molecule has 0 spiro atoms. The van der Waals surface area contributed by atoms with Crippen LogP contribution in [0.3, 0.4) is 0 Å². The largest absolute Gasteiger partial charge is 0.388 e. The van der Waals surface area contributed by atoms with Crippen LogP contribution in [-0.2, 0) is 0 Å². The van der Waals surface area contributed by atoms with Crippen molar-refractivity contribution in [2.75, 3.05) is 11.9 Å². The molecule has 1 aliphatic rings. The zero-order valence-corrected chi connectivity index (χ0v) is 9.42. The van der Waals surface area contributed by atoms with Gasteiger partial charge in [0.2, 0.25) is 0 Å². The topological polar surface area (TPSA) is 63.8 Å². The minimum Gasteiger partial charge on any atom is -0.388 e. The molecule has 0 aromatic carbocycles. The van der Waals surface area contributed by atoms with Gasteiger partial charge in [-0.05, 0) is 18.3 Å². The quantitative estimate of drug-likeness (QED) is 0.749. The number of aromatic nitrogens is 2. The molecule has 1 fully saturated rings. The number of nitrogens with zero attached hydrogens (tertiary/aromatic N) is 2. The normalized spacial score (nSPS) is 23.5. The zero-order valence-electron chi connectivity index (χ0n) is 8.60. The SMILES string of the molecule is CC1CC1CNc1cnc(C(N)=S)cn1. The molecule has 1 aromatic rings. The summed E-state index contributed by atoms with van der Waals surface area (Å²) in [6, 6.07) is 0. The van der Waals surface area contributed by atoms with Crippen LogP contribution in [0.2, 0.25) is 0 Å². The van der Waals surface area contributed by atoms with Crippen molar-refractivity contribution < 1.29 is 0 Å². The van der Waals surface area contributed by atoms with Crippen LogP contribution in [0.1, 0.15) is 19.0 Å². The lowest BCUT2D eigenvalue weighted by Crippen LogP contribution is -2.13. The molecule has 2 atom stereocenters. The first-order valence-electron chi connectivity index (χ1n) is 5.02. The van der Waals surface area contributed by atoms with E-state index >= 15 is 0 Å². The summed E-state index contributed by atoms with van der Waals surface area (Å²) in [4.78, 5) is 8.57. The van der Waals surface area contributed by atoms with E-state index in [1.54, 1.807) is 12.4 Å². The maximum absolute atomic E-state index is 5.42. The summed E-state index contributed by atoms with van der Waals surface area (Å²) < 4.78 is 0. The van der Waals surface area contributed by atoms with E-state index in [1.165, 1.54) is 6.42 Å². The van der Waals surface area contributed by atoms with Crippen LogP contribution in [0.25, 0.3) is 0 Å².